The van der Waals surface area contributed by atoms with Crippen LogP contribution < -0.4 is 10.9 Å². The SMILES string of the molecule is COC(=O)Cn1c(SCC(=O)Nc2c(C#N)c(C)c(C)n2C2CCCC2)nc2ccccc2c1=O. The molecule has 182 valence electrons. The number of nitrogens with one attached hydrogen (secondary N) is 1. The summed E-state index contributed by atoms with van der Waals surface area (Å²) < 4.78 is 8.05. The quantitative estimate of drug-likeness (QED) is 0.303. The van der Waals surface area contributed by atoms with Crippen LogP contribution in [0.25, 0.3) is 10.9 Å². The molecule has 2 heterocycles. The Morgan fingerprint density at radius 3 is 2.66 bits per heavy atom. The number of fused-ring (bicyclic) bond motifs is 1. The number of nitrogens with zero attached hydrogens (tertiary/aromatic N) is 4. The van der Waals surface area contributed by atoms with Gasteiger partial charge in [0.15, 0.2) is 5.16 Å². The zero-order valence-corrected chi connectivity index (χ0v) is 20.8. The summed E-state index contributed by atoms with van der Waals surface area (Å²) in [6, 6.07) is 9.35. The first-order valence-corrected chi connectivity index (χ1v) is 12.4. The van der Waals surface area contributed by atoms with Gasteiger partial charge < -0.3 is 14.6 Å². The maximum Gasteiger partial charge on any atom is 0.325 e. The number of hydrogen-bond donors (Lipinski definition) is 1. The number of nitriles is 1. The number of anilines is 1. The van der Waals surface area contributed by atoms with E-state index in [9.17, 15) is 19.6 Å². The van der Waals surface area contributed by atoms with Crippen molar-refractivity contribution in [3.05, 3.63) is 51.4 Å². The molecule has 35 heavy (non-hydrogen) atoms. The van der Waals surface area contributed by atoms with Gasteiger partial charge in [-0.1, -0.05) is 36.7 Å². The zero-order chi connectivity index (χ0) is 25.1. The van der Waals surface area contributed by atoms with Crippen LogP contribution >= 0.6 is 11.8 Å². The average molecular weight is 494 g/mol. The summed E-state index contributed by atoms with van der Waals surface area (Å²) >= 11 is 1.06. The number of benzene rings is 1. The van der Waals surface area contributed by atoms with Gasteiger partial charge in [0.25, 0.3) is 5.56 Å². The molecule has 9 nitrogen and oxygen atoms in total. The van der Waals surface area contributed by atoms with Gasteiger partial charge >= 0.3 is 5.97 Å². The minimum absolute atomic E-state index is 0.0508. The smallest absolute Gasteiger partial charge is 0.325 e. The van der Waals surface area contributed by atoms with Crippen molar-refractivity contribution in [1.29, 1.82) is 5.26 Å². The third-order valence-electron chi connectivity index (χ3n) is 6.49. The van der Waals surface area contributed by atoms with Crippen LogP contribution in [0.2, 0.25) is 0 Å². The first kappa shape index (κ1) is 24.5. The molecule has 0 spiro atoms. The molecule has 0 radical (unpaired) electrons. The maximum absolute atomic E-state index is 13.0. The lowest BCUT2D eigenvalue weighted by atomic mass is 10.2. The summed E-state index contributed by atoms with van der Waals surface area (Å²) in [4.78, 5) is 42.5. The number of rotatable bonds is 7. The number of amides is 1. The van der Waals surface area contributed by atoms with Gasteiger partial charge in [-0.05, 0) is 44.4 Å². The van der Waals surface area contributed by atoms with Crippen molar-refractivity contribution in [2.75, 3.05) is 18.2 Å². The van der Waals surface area contributed by atoms with E-state index in [0.717, 1.165) is 48.7 Å². The van der Waals surface area contributed by atoms with E-state index in [4.69, 9.17) is 4.74 Å². The van der Waals surface area contributed by atoms with Gasteiger partial charge in [0, 0.05) is 11.7 Å². The van der Waals surface area contributed by atoms with Crippen LogP contribution in [0, 0.1) is 25.2 Å². The van der Waals surface area contributed by atoms with Gasteiger partial charge in [0.1, 0.15) is 18.4 Å². The summed E-state index contributed by atoms with van der Waals surface area (Å²) in [5, 5.41) is 13.3. The predicted molar refractivity (Wildman–Crippen MR) is 133 cm³/mol. The Labute approximate surface area is 207 Å². The van der Waals surface area contributed by atoms with Gasteiger partial charge in [0.2, 0.25) is 5.91 Å². The Bertz CT molecular complexity index is 1400. The normalized spacial score (nSPS) is 13.7. The molecule has 1 fully saturated rings. The van der Waals surface area contributed by atoms with Crippen LogP contribution in [-0.2, 0) is 20.9 Å². The second-order valence-electron chi connectivity index (χ2n) is 8.57. The third-order valence-corrected chi connectivity index (χ3v) is 7.47. The van der Waals surface area contributed by atoms with Crippen molar-refractivity contribution in [1.82, 2.24) is 14.1 Å². The molecule has 0 aliphatic heterocycles. The number of carbonyl (C=O) groups excluding carboxylic acids is 2. The van der Waals surface area contributed by atoms with Crippen molar-refractivity contribution in [2.24, 2.45) is 0 Å². The van der Waals surface area contributed by atoms with Gasteiger partial charge in [-0.2, -0.15) is 5.26 Å². The third kappa shape index (κ3) is 4.82. The number of carbonyl (C=O) groups is 2. The van der Waals surface area contributed by atoms with Crippen molar-refractivity contribution in [3.8, 4) is 6.07 Å². The van der Waals surface area contributed by atoms with E-state index in [0.29, 0.717) is 22.3 Å². The van der Waals surface area contributed by atoms with E-state index < -0.39 is 5.97 Å². The number of methoxy groups -OCH3 is 1. The molecular formula is C25H27N5O4S. The summed E-state index contributed by atoms with van der Waals surface area (Å²) in [5.74, 6) is -0.437. The Morgan fingerprint density at radius 1 is 1.26 bits per heavy atom. The fraction of sp³-hybridized carbons (Fsp3) is 0.400. The summed E-state index contributed by atoms with van der Waals surface area (Å²) in [5.41, 5.74) is 2.43. The Kier molecular flexibility index (Phi) is 7.26. The summed E-state index contributed by atoms with van der Waals surface area (Å²) in [6.07, 6.45) is 4.27. The molecule has 1 amide bonds. The average Bonchev–Trinajstić information content (AvgIpc) is 3.46. The van der Waals surface area contributed by atoms with Crippen LogP contribution in [0.1, 0.15) is 48.5 Å². The lowest BCUT2D eigenvalue weighted by molar-refractivity contribution is -0.141. The molecule has 1 aliphatic rings. The van der Waals surface area contributed by atoms with Crippen LogP contribution in [0.3, 0.4) is 0 Å². The highest BCUT2D eigenvalue weighted by Gasteiger charge is 2.27. The van der Waals surface area contributed by atoms with E-state index in [-0.39, 0.29) is 35.0 Å². The molecule has 0 saturated heterocycles. The van der Waals surface area contributed by atoms with Crippen molar-refractivity contribution in [3.63, 3.8) is 0 Å². The van der Waals surface area contributed by atoms with Crippen molar-refractivity contribution in [2.45, 2.75) is 57.3 Å². The number of esters is 1. The molecule has 1 aromatic carbocycles. The van der Waals surface area contributed by atoms with E-state index in [1.165, 1.54) is 11.7 Å². The number of ether oxygens (including phenoxy) is 1. The lowest BCUT2D eigenvalue weighted by Crippen LogP contribution is -2.28. The molecule has 1 aliphatic carbocycles. The maximum atomic E-state index is 13.0. The second kappa shape index (κ2) is 10.4. The van der Waals surface area contributed by atoms with E-state index in [2.05, 4.69) is 20.9 Å². The Balaban J connectivity index is 1.61. The standard InChI is InChI=1S/C25H27N5O4S/c1-15-16(2)30(17-8-4-5-9-17)23(19(15)12-26)28-21(31)14-35-25-27-20-11-7-6-10-18(20)24(33)29(25)13-22(32)34-3/h6-7,10-11,17H,4-5,8-9,13-14H2,1-3H3,(H,28,31). The molecule has 0 bridgehead atoms. The largest absolute Gasteiger partial charge is 0.468 e. The van der Waals surface area contributed by atoms with Crippen LogP contribution in [0.15, 0.2) is 34.2 Å². The monoisotopic (exact) mass is 493 g/mol. The van der Waals surface area contributed by atoms with Gasteiger partial charge in [0.05, 0.1) is 29.3 Å². The predicted octanol–water partition coefficient (Wildman–Crippen LogP) is 3.71. The first-order valence-electron chi connectivity index (χ1n) is 11.5. The number of para-hydroxylation sites is 1. The van der Waals surface area contributed by atoms with Crippen LogP contribution in [-0.4, -0.2) is 38.9 Å². The molecule has 1 N–H and O–H groups in total. The second-order valence-corrected chi connectivity index (χ2v) is 9.51. The van der Waals surface area contributed by atoms with Crippen LogP contribution in [0.5, 0.6) is 0 Å². The minimum atomic E-state index is -0.588. The molecule has 3 aromatic rings. The molecular weight excluding hydrogens is 466 g/mol. The van der Waals surface area contributed by atoms with Crippen molar-refractivity contribution < 1.29 is 14.3 Å². The van der Waals surface area contributed by atoms with Gasteiger partial charge in [-0.3, -0.25) is 19.0 Å². The lowest BCUT2D eigenvalue weighted by Gasteiger charge is -2.19. The van der Waals surface area contributed by atoms with Crippen LogP contribution in [0.4, 0.5) is 5.82 Å². The minimum Gasteiger partial charge on any atom is -0.468 e. The summed E-state index contributed by atoms with van der Waals surface area (Å²) in [7, 11) is 1.25. The molecule has 2 aromatic heterocycles. The number of aromatic nitrogens is 3. The zero-order valence-electron chi connectivity index (χ0n) is 20.0. The van der Waals surface area contributed by atoms with Crippen molar-refractivity contribution >= 4 is 40.4 Å². The highest BCUT2D eigenvalue weighted by atomic mass is 32.2. The fourth-order valence-electron chi connectivity index (χ4n) is 4.59. The first-order chi connectivity index (χ1) is 16.8. The molecule has 4 rings (SSSR count). The molecule has 0 unspecified atom stereocenters. The van der Waals surface area contributed by atoms with Gasteiger partial charge in [-0.25, -0.2) is 4.98 Å². The molecule has 1 saturated carbocycles. The fourth-order valence-corrected chi connectivity index (χ4v) is 5.39. The number of hydrogen-bond acceptors (Lipinski definition) is 7. The molecule has 0 atom stereocenters. The highest BCUT2D eigenvalue weighted by Crippen LogP contribution is 2.37. The van der Waals surface area contributed by atoms with E-state index >= 15 is 0 Å². The Morgan fingerprint density at radius 2 is 1.97 bits per heavy atom. The summed E-state index contributed by atoms with van der Waals surface area (Å²) in [6.45, 7) is 3.57. The van der Waals surface area contributed by atoms with E-state index in [1.807, 2.05) is 13.8 Å². The Hall–Kier alpha value is -3.58. The van der Waals surface area contributed by atoms with E-state index in [1.54, 1.807) is 24.3 Å². The highest BCUT2D eigenvalue weighted by molar-refractivity contribution is 7.99. The van der Waals surface area contributed by atoms with Gasteiger partial charge in [-0.15, -0.1) is 0 Å². The topological polar surface area (TPSA) is 119 Å². The molecule has 10 heteroatoms. The number of thioether (sulfide) groups is 1.